The molecule has 0 amide bonds. The SMILES string of the molecule is CSc1cccc(Sc2nnc(N(C)C)s2)c1/C(N)=N/O. The standard InChI is InChI=1S/C12H15N5OS3/c1-17(2)11-14-15-12(21-11)20-8-6-4-5-7(19-3)9(8)10(13)16-18/h4-6,18H,1-3H3,(H2,13,16). The summed E-state index contributed by atoms with van der Waals surface area (Å²) >= 11 is 4.50. The van der Waals surface area contributed by atoms with Gasteiger partial charge in [-0.1, -0.05) is 34.3 Å². The Labute approximate surface area is 135 Å². The van der Waals surface area contributed by atoms with Crippen LogP contribution in [0.1, 0.15) is 5.56 Å². The molecule has 1 heterocycles. The third-order valence-electron chi connectivity index (χ3n) is 2.55. The molecule has 1 aromatic heterocycles. The predicted octanol–water partition coefficient (Wildman–Crippen LogP) is 2.57. The largest absolute Gasteiger partial charge is 0.409 e. The van der Waals surface area contributed by atoms with Crippen LogP contribution in [0.4, 0.5) is 5.13 Å². The number of thioether (sulfide) groups is 1. The van der Waals surface area contributed by atoms with Gasteiger partial charge in [-0.2, -0.15) is 0 Å². The molecule has 3 N–H and O–H groups in total. The molecule has 0 aliphatic carbocycles. The van der Waals surface area contributed by atoms with Gasteiger partial charge in [0.15, 0.2) is 10.2 Å². The first kappa shape index (κ1) is 15.9. The zero-order valence-corrected chi connectivity index (χ0v) is 14.2. The van der Waals surface area contributed by atoms with Crippen LogP contribution in [0.25, 0.3) is 0 Å². The van der Waals surface area contributed by atoms with Crippen molar-refractivity contribution >= 4 is 45.8 Å². The Bertz CT molecular complexity index is 656. The number of hydrogen-bond acceptors (Lipinski definition) is 8. The van der Waals surface area contributed by atoms with Crippen molar-refractivity contribution in [3.63, 3.8) is 0 Å². The number of anilines is 1. The number of amidine groups is 1. The summed E-state index contributed by atoms with van der Waals surface area (Å²) in [6, 6.07) is 5.80. The minimum atomic E-state index is 0.0970. The van der Waals surface area contributed by atoms with E-state index in [1.807, 2.05) is 43.5 Å². The Morgan fingerprint density at radius 1 is 1.33 bits per heavy atom. The van der Waals surface area contributed by atoms with Gasteiger partial charge in [-0.05, 0) is 18.4 Å². The second kappa shape index (κ2) is 7.01. The molecule has 9 heteroatoms. The Morgan fingerprint density at radius 3 is 2.62 bits per heavy atom. The van der Waals surface area contributed by atoms with Gasteiger partial charge in [0.1, 0.15) is 0 Å². The fraction of sp³-hybridized carbons (Fsp3) is 0.250. The van der Waals surface area contributed by atoms with Gasteiger partial charge >= 0.3 is 0 Å². The second-order valence-electron chi connectivity index (χ2n) is 4.17. The lowest BCUT2D eigenvalue weighted by Crippen LogP contribution is -2.15. The molecule has 0 aliphatic heterocycles. The molecular weight excluding hydrogens is 326 g/mol. The van der Waals surface area contributed by atoms with Gasteiger partial charge in [0.2, 0.25) is 5.13 Å². The maximum Gasteiger partial charge on any atom is 0.208 e. The molecule has 0 bridgehead atoms. The number of nitrogens with zero attached hydrogens (tertiary/aromatic N) is 4. The number of nitrogens with two attached hydrogens (primary N) is 1. The fourth-order valence-electron chi connectivity index (χ4n) is 1.59. The highest BCUT2D eigenvalue weighted by atomic mass is 32.2. The lowest BCUT2D eigenvalue weighted by atomic mass is 10.2. The molecule has 0 saturated carbocycles. The highest BCUT2D eigenvalue weighted by Crippen LogP contribution is 2.37. The molecule has 0 saturated heterocycles. The smallest absolute Gasteiger partial charge is 0.208 e. The van der Waals surface area contributed by atoms with Crippen molar-refractivity contribution in [2.45, 2.75) is 14.1 Å². The maximum absolute atomic E-state index is 8.99. The molecule has 0 spiro atoms. The van der Waals surface area contributed by atoms with Crippen LogP contribution in [0.5, 0.6) is 0 Å². The number of hydrogen-bond donors (Lipinski definition) is 2. The lowest BCUT2D eigenvalue weighted by molar-refractivity contribution is 0.318. The minimum absolute atomic E-state index is 0.0970. The summed E-state index contributed by atoms with van der Waals surface area (Å²) in [4.78, 5) is 3.75. The molecule has 21 heavy (non-hydrogen) atoms. The van der Waals surface area contributed by atoms with Gasteiger partial charge in [-0.3, -0.25) is 0 Å². The van der Waals surface area contributed by atoms with Gasteiger partial charge in [-0.15, -0.1) is 22.0 Å². The average molecular weight is 341 g/mol. The van der Waals surface area contributed by atoms with Gasteiger partial charge < -0.3 is 15.8 Å². The minimum Gasteiger partial charge on any atom is -0.409 e. The molecule has 1 aromatic carbocycles. The van der Waals surface area contributed by atoms with Crippen molar-refractivity contribution < 1.29 is 5.21 Å². The molecule has 112 valence electrons. The van der Waals surface area contributed by atoms with E-state index in [1.54, 1.807) is 11.8 Å². The van der Waals surface area contributed by atoms with Crippen LogP contribution >= 0.6 is 34.9 Å². The maximum atomic E-state index is 8.99. The van der Waals surface area contributed by atoms with E-state index in [9.17, 15) is 0 Å². The molecule has 0 fully saturated rings. The average Bonchev–Trinajstić information content (AvgIpc) is 2.95. The number of rotatable bonds is 5. The molecule has 0 aliphatic rings. The molecular formula is C12H15N5OS3. The quantitative estimate of drug-likeness (QED) is 0.284. The second-order valence-corrected chi connectivity index (χ2v) is 7.26. The summed E-state index contributed by atoms with van der Waals surface area (Å²) in [6.07, 6.45) is 1.95. The Hall–Kier alpha value is -1.45. The molecule has 2 aromatic rings. The van der Waals surface area contributed by atoms with Crippen molar-refractivity contribution in [2.75, 3.05) is 25.3 Å². The van der Waals surface area contributed by atoms with Gasteiger partial charge in [0, 0.05) is 29.4 Å². The Morgan fingerprint density at radius 2 is 2.05 bits per heavy atom. The normalized spacial score (nSPS) is 11.7. The van der Waals surface area contributed by atoms with E-state index in [0.29, 0.717) is 0 Å². The van der Waals surface area contributed by atoms with Crippen LogP contribution in [-0.4, -0.2) is 41.6 Å². The summed E-state index contributed by atoms with van der Waals surface area (Å²) in [5.41, 5.74) is 6.53. The molecule has 0 radical (unpaired) electrons. The molecule has 6 nitrogen and oxygen atoms in total. The van der Waals surface area contributed by atoms with E-state index in [-0.39, 0.29) is 5.84 Å². The van der Waals surface area contributed by atoms with Crippen LogP contribution in [0.3, 0.4) is 0 Å². The van der Waals surface area contributed by atoms with Crippen molar-refractivity contribution in [1.29, 1.82) is 0 Å². The van der Waals surface area contributed by atoms with Crippen LogP contribution in [0, 0.1) is 0 Å². The zero-order valence-electron chi connectivity index (χ0n) is 11.8. The first-order valence-corrected chi connectivity index (χ1v) is 8.76. The van der Waals surface area contributed by atoms with E-state index in [2.05, 4.69) is 15.4 Å². The summed E-state index contributed by atoms with van der Waals surface area (Å²) in [5, 5.41) is 21.2. The summed E-state index contributed by atoms with van der Waals surface area (Å²) < 4.78 is 0.809. The van der Waals surface area contributed by atoms with Crippen molar-refractivity contribution in [2.24, 2.45) is 10.9 Å². The number of aromatic nitrogens is 2. The molecule has 0 unspecified atom stereocenters. The third kappa shape index (κ3) is 3.60. The molecule has 2 rings (SSSR count). The Kier molecular flexibility index (Phi) is 5.32. The molecule has 0 atom stereocenters. The van der Waals surface area contributed by atoms with Gasteiger partial charge in [-0.25, -0.2) is 0 Å². The van der Waals surface area contributed by atoms with E-state index in [1.165, 1.54) is 23.1 Å². The van der Waals surface area contributed by atoms with Crippen molar-refractivity contribution in [3.05, 3.63) is 23.8 Å². The van der Waals surface area contributed by atoms with Crippen LogP contribution < -0.4 is 10.6 Å². The van der Waals surface area contributed by atoms with Crippen LogP contribution in [-0.2, 0) is 0 Å². The summed E-state index contributed by atoms with van der Waals surface area (Å²) in [6.45, 7) is 0. The van der Waals surface area contributed by atoms with Crippen molar-refractivity contribution in [3.8, 4) is 0 Å². The van der Waals surface area contributed by atoms with E-state index < -0.39 is 0 Å². The third-order valence-corrected chi connectivity index (χ3v) is 5.53. The fourth-order valence-corrected chi connectivity index (χ4v) is 4.18. The summed E-state index contributed by atoms with van der Waals surface area (Å²) in [7, 11) is 3.84. The first-order valence-electron chi connectivity index (χ1n) is 5.90. The number of oxime groups is 1. The number of benzene rings is 1. The van der Waals surface area contributed by atoms with E-state index in [0.717, 1.165) is 24.8 Å². The highest BCUT2D eigenvalue weighted by Gasteiger charge is 2.16. The van der Waals surface area contributed by atoms with E-state index in [4.69, 9.17) is 10.9 Å². The summed E-state index contributed by atoms with van der Waals surface area (Å²) in [5.74, 6) is 0.0970. The zero-order chi connectivity index (χ0) is 15.4. The monoisotopic (exact) mass is 341 g/mol. The van der Waals surface area contributed by atoms with Gasteiger partial charge in [0.25, 0.3) is 0 Å². The Balaban J connectivity index is 2.39. The predicted molar refractivity (Wildman–Crippen MR) is 89.1 cm³/mol. The van der Waals surface area contributed by atoms with Crippen LogP contribution in [0.15, 0.2) is 37.5 Å². The van der Waals surface area contributed by atoms with Crippen molar-refractivity contribution in [1.82, 2.24) is 10.2 Å². The van der Waals surface area contributed by atoms with Gasteiger partial charge in [0.05, 0.1) is 0 Å². The lowest BCUT2D eigenvalue weighted by Gasteiger charge is -2.10. The topological polar surface area (TPSA) is 87.6 Å². The first-order chi connectivity index (χ1) is 10.1. The van der Waals surface area contributed by atoms with E-state index >= 15 is 0 Å². The van der Waals surface area contributed by atoms with Crippen LogP contribution in [0.2, 0.25) is 0 Å². The highest BCUT2D eigenvalue weighted by molar-refractivity contribution is 8.01.